The molecule has 0 saturated carbocycles. The zero-order chi connectivity index (χ0) is 14.0. The number of nitrogens with two attached hydrogens (primary N) is 1. The molecule has 20 heavy (non-hydrogen) atoms. The number of nitrogens with one attached hydrogen (secondary N) is 1. The molecule has 3 N–H and O–H groups in total. The van der Waals surface area contributed by atoms with E-state index >= 15 is 0 Å². The van der Waals surface area contributed by atoms with Crippen molar-refractivity contribution in [2.24, 2.45) is 11.7 Å². The second kappa shape index (κ2) is 7.24. The molecule has 2 heterocycles. The zero-order valence-electron chi connectivity index (χ0n) is 12.0. The monoisotopic (exact) mass is 305 g/mol. The van der Waals surface area contributed by atoms with Crippen molar-refractivity contribution in [3.63, 3.8) is 0 Å². The molecule has 0 aromatic heterocycles. The SMILES string of the molecule is CC(C)C1C(=O)NCCN1C(=O)[C@@H]1CC[C@H](CN)O1.Cl. The molecule has 0 bridgehead atoms. The number of piperazine rings is 1. The average molecular weight is 306 g/mol. The fourth-order valence-corrected chi connectivity index (χ4v) is 2.84. The lowest BCUT2D eigenvalue weighted by molar-refractivity contribution is -0.153. The molecule has 0 radical (unpaired) electrons. The van der Waals surface area contributed by atoms with Gasteiger partial charge in [-0.2, -0.15) is 0 Å². The van der Waals surface area contributed by atoms with Crippen LogP contribution in [0.25, 0.3) is 0 Å². The van der Waals surface area contributed by atoms with Gasteiger partial charge in [0.05, 0.1) is 6.10 Å². The first-order chi connectivity index (χ1) is 9.04. The molecule has 3 atom stereocenters. The van der Waals surface area contributed by atoms with Crippen molar-refractivity contribution in [2.75, 3.05) is 19.6 Å². The van der Waals surface area contributed by atoms with Crippen molar-refractivity contribution in [1.82, 2.24) is 10.2 Å². The summed E-state index contributed by atoms with van der Waals surface area (Å²) < 4.78 is 5.64. The predicted octanol–water partition coefficient (Wildman–Crippen LogP) is -0.102. The van der Waals surface area contributed by atoms with Crippen molar-refractivity contribution in [3.8, 4) is 0 Å². The van der Waals surface area contributed by atoms with E-state index in [0.717, 1.165) is 6.42 Å². The summed E-state index contributed by atoms with van der Waals surface area (Å²) in [4.78, 5) is 26.1. The quantitative estimate of drug-likeness (QED) is 0.762. The van der Waals surface area contributed by atoms with Crippen molar-refractivity contribution in [1.29, 1.82) is 0 Å². The number of carbonyl (C=O) groups excluding carboxylic acids is 2. The van der Waals surface area contributed by atoms with Crippen LogP contribution in [0.3, 0.4) is 0 Å². The molecule has 0 aromatic carbocycles. The molecule has 0 spiro atoms. The summed E-state index contributed by atoms with van der Waals surface area (Å²) in [6.45, 7) is 5.42. The van der Waals surface area contributed by atoms with Gasteiger partial charge in [-0.05, 0) is 18.8 Å². The summed E-state index contributed by atoms with van der Waals surface area (Å²) in [6, 6.07) is -0.387. The third-order valence-corrected chi connectivity index (χ3v) is 3.82. The molecule has 6 nitrogen and oxygen atoms in total. The molecule has 2 aliphatic rings. The van der Waals surface area contributed by atoms with E-state index in [2.05, 4.69) is 5.32 Å². The van der Waals surface area contributed by atoms with Crippen LogP contribution in [0, 0.1) is 5.92 Å². The maximum absolute atomic E-state index is 12.5. The van der Waals surface area contributed by atoms with E-state index in [0.29, 0.717) is 26.1 Å². The van der Waals surface area contributed by atoms with Crippen LogP contribution in [-0.2, 0) is 14.3 Å². The van der Waals surface area contributed by atoms with Crippen LogP contribution >= 0.6 is 12.4 Å². The Morgan fingerprint density at radius 2 is 2.20 bits per heavy atom. The second-order valence-electron chi connectivity index (χ2n) is 5.57. The Bertz CT molecular complexity index is 365. The smallest absolute Gasteiger partial charge is 0.252 e. The fourth-order valence-electron chi connectivity index (χ4n) is 2.84. The minimum atomic E-state index is -0.430. The highest BCUT2D eigenvalue weighted by molar-refractivity contribution is 5.90. The number of rotatable bonds is 3. The normalized spacial score (nSPS) is 30.1. The summed E-state index contributed by atoms with van der Waals surface area (Å²) in [6.07, 6.45) is 1.06. The predicted molar refractivity (Wildman–Crippen MR) is 77.5 cm³/mol. The fraction of sp³-hybridized carbons (Fsp3) is 0.846. The van der Waals surface area contributed by atoms with E-state index in [1.807, 2.05) is 13.8 Å². The molecule has 2 aliphatic heterocycles. The molecule has 2 fully saturated rings. The summed E-state index contributed by atoms with van der Waals surface area (Å²) in [5, 5.41) is 2.82. The number of carbonyl (C=O) groups is 2. The van der Waals surface area contributed by atoms with Crippen molar-refractivity contribution in [2.45, 2.75) is 44.9 Å². The van der Waals surface area contributed by atoms with Gasteiger partial charge in [0.25, 0.3) is 5.91 Å². The van der Waals surface area contributed by atoms with Gasteiger partial charge in [-0.3, -0.25) is 9.59 Å². The van der Waals surface area contributed by atoms with Crippen molar-refractivity contribution >= 4 is 24.2 Å². The number of halogens is 1. The van der Waals surface area contributed by atoms with E-state index in [4.69, 9.17) is 10.5 Å². The maximum Gasteiger partial charge on any atom is 0.252 e. The van der Waals surface area contributed by atoms with E-state index in [1.54, 1.807) is 4.90 Å². The minimum Gasteiger partial charge on any atom is -0.364 e. The summed E-state index contributed by atoms with van der Waals surface area (Å²) in [7, 11) is 0. The number of amides is 2. The summed E-state index contributed by atoms with van der Waals surface area (Å²) >= 11 is 0. The van der Waals surface area contributed by atoms with E-state index in [-0.39, 0.29) is 42.3 Å². The summed E-state index contributed by atoms with van der Waals surface area (Å²) in [5.41, 5.74) is 5.56. The molecular formula is C13H24ClN3O3. The van der Waals surface area contributed by atoms with Gasteiger partial charge in [0.1, 0.15) is 12.1 Å². The van der Waals surface area contributed by atoms with Gasteiger partial charge in [0.15, 0.2) is 0 Å². The van der Waals surface area contributed by atoms with E-state index in [9.17, 15) is 9.59 Å². The van der Waals surface area contributed by atoms with Gasteiger partial charge >= 0.3 is 0 Å². The Labute approximate surface area is 125 Å². The molecule has 1 unspecified atom stereocenters. The number of hydrogen-bond donors (Lipinski definition) is 2. The Morgan fingerprint density at radius 3 is 2.75 bits per heavy atom. The first-order valence-corrected chi connectivity index (χ1v) is 6.98. The lowest BCUT2D eigenvalue weighted by atomic mass is 9.98. The Balaban J connectivity index is 0.00000200. The van der Waals surface area contributed by atoms with Crippen LogP contribution in [0.15, 0.2) is 0 Å². The Kier molecular flexibility index (Phi) is 6.23. The maximum atomic E-state index is 12.5. The number of ether oxygens (including phenoxy) is 1. The first-order valence-electron chi connectivity index (χ1n) is 6.98. The van der Waals surface area contributed by atoms with Crippen LogP contribution in [0.2, 0.25) is 0 Å². The first kappa shape index (κ1) is 17.2. The average Bonchev–Trinajstić information content (AvgIpc) is 2.85. The van der Waals surface area contributed by atoms with Crippen LogP contribution < -0.4 is 11.1 Å². The van der Waals surface area contributed by atoms with Crippen molar-refractivity contribution < 1.29 is 14.3 Å². The van der Waals surface area contributed by atoms with Gasteiger partial charge in [0, 0.05) is 19.6 Å². The lowest BCUT2D eigenvalue weighted by Crippen LogP contribution is -2.61. The number of hydrogen-bond acceptors (Lipinski definition) is 4. The third-order valence-electron chi connectivity index (χ3n) is 3.82. The zero-order valence-corrected chi connectivity index (χ0v) is 12.8. The van der Waals surface area contributed by atoms with Gasteiger partial charge in [-0.15, -0.1) is 12.4 Å². The van der Waals surface area contributed by atoms with Crippen LogP contribution in [0.4, 0.5) is 0 Å². The van der Waals surface area contributed by atoms with E-state index < -0.39 is 6.10 Å². The van der Waals surface area contributed by atoms with Crippen molar-refractivity contribution in [3.05, 3.63) is 0 Å². The van der Waals surface area contributed by atoms with Gasteiger partial charge in [-0.1, -0.05) is 13.8 Å². The molecule has 116 valence electrons. The molecule has 0 aliphatic carbocycles. The highest BCUT2D eigenvalue weighted by Gasteiger charge is 2.40. The molecule has 2 amide bonds. The molecule has 2 saturated heterocycles. The Hall–Kier alpha value is -0.850. The topological polar surface area (TPSA) is 84.7 Å². The lowest BCUT2D eigenvalue weighted by Gasteiger charge is -2.38. The highest BCUT2D eigenvalue weighted by Crippen LogP contribution is 2.23. The second-order valence-corrected chi connectivity index (χ2v) is 5.57. The van der Waals surface area contributed by atoms with Gasteiger partial charge < -0.3 is 20.7 Å². The van der Waals surface area contributed by atoms with Crippen LogP contribution in [0.1, 0.15) is 26.7 Å². The number of nitrogens with zero attached hydrogens (tertiary/aromatic N) is 1. The standard InChI is InChI=1S/C13H23N3O3.ClH/c1-8(2)11-12(17)15-5-6-16(11)13(18)10-4-3-9(7-14)19-10;/h8-11H,3-7,14H2,1-2H3,(H,15,17);1H/t9-,10+,11?;/m1./s1. The molecule has 2 rings (SSSR count). The van der Waals surface area contributed by atoms with E-state index in [1.165, 1.54) is 0 Å². The molecule has 7 heteroatoms. The molecule has 0 aromatic rings. The molecular weight excluding hydrogens is 282 g/mol. The third kappa shape index (κ3) is 3.42. The Morgan fingerprint density at radius 1 is 1.50 bits per heavy atom. The van der Waals surface area contributed by atoms with Gasteiger partial charge in [0.2, 0.25) is 5.91 Å². The minimum absolute atomic E-state index is 0. The van der Waals surface area contributed by atoms with Crippen LogP contribution in [-0.4, -0.2) is 54.6 Å². The summed E-state index contributed by atoms with van der Waals surface area (Å²) in [5.74, 6) is -0.0385. The highest BCUT2D eigenvalue weighted by atomic mass is 35.5. The largest absolute Gasteiger partial charge is 0.364 e. The van der Waals surface area contributed by atoms with Crippen LogP contribution in [0.5, 0.6) is 0 Å². The van der Waals surface area contributed by atoms with Gasteiger partial charge in [-0.25, -0.2) is 0 Å².